The molecule has 21 heavy (non-hydrogen) atoms. The van der Waals surface area contributed by atoms with Gasteiger partial charge in [-0.15, -0.1) is 0 Å². The Morgan fingerprint density at radius 1 is 1.48 bits per heavy atom. The molecule has 0 saturated carbocycles. The zero-order valence-electron chi connectivity index (χ0n) is 11.9. The second-order valence-electron chi connectivity index (χ2n) is 4.84. The van der Waals surface area contributed by atoms with Crippen LogP contribution < -0.4 is 0 Å². The first kappa shape index (κ1) is 16.0. The van der Waals surface area contributed by atoms with Gasteiger partial charge in [0, 0.05) is 24.6 Å². The van der Waals surface area contributed by atoms with E-state index in [2.05, 4.69) is 11.8 Å². The normalized spacial score (nSPS) is 19.8. The summed E-state index contributed by atoms with van der Waals surface area (Å²) in [5.74, 6) is 5.64. The summed E-state index contributed by atoms with van der Waals surface area (Å²) < 4.78 is 32.1. The van der Waals surface area contributed by atoms with Crippen LogP contribution in [-0.4, -0.2) is 50.2 Å². The molecule has 0 bridgehead atoms. The van der Waals surface area contributed by atoms with Crippen LogP contribution in [0.15, 0.2) is 29.2 Å². The van der Waals surface area contributed by atoms with Crippen molar-refractivity contribution in [3.05, 3.63) is 29.8 Å². The lowest BCUT2D eigenvalue weighted by Crippen LogP contribution is -2.46. The highest BCUT2D eigenvalue weighted by Gasteiger charge is 2.31. The van der Waals surface area contributed by atoms with Crippen molar-refractivity contribution in [3.8, 4) is 11.8 Å². The molecular weight excluding hydrogens is 290 g/mol. The lowest BCUT2D eigenvalue weighted by Gasteiger charge is -2.32. The molecule has 6 heteroatoms. The summed E-state index contributed by atoms with van der Waals surface area (Å²) in [6.45, 7) is 3.02. The van der Waals surface area contributed by atoms with Crippen molar-refractivity contribution in [2.75, 3.05) is 26.4 Å². The number of hydrogen-bond acceptors (Lipinski definition) is 4. The van der Waals surface area contributed by atoms with Gasteiger partial charge < -0.3 is 9.84 Å². The largest absolute Gasteiger partial charge is 0.395 e. The monoisotopic (exact) mass is 309 g/mol. The molecule has 0 aromatic heterocycles. The second kappa shape index (κ2) is 7.05. The van der Waals surface area contributed by atoms with Gasteiger partial charge in [-0.25, -0.2) is 8.42 Å². The maximum absolute atomic E-state index is 12.7. The zero-order valence-corrected chi connectivity index (χ0v) is 12.8. The SMILES string of the molecule is CC1COCCN1S(=O)(=O)c1cccc(C#CCCO)c1. The van der Waals surface area contributed by atoms with Crippen LogP contribution >= 0.6 is 0 Å². The molecule has 1 atom stereocenters. The predicted octanol–water partition coefficient (Wildman–Crippen LogP) is 0.830. The lowest BCUT2D eigenvalue weighted by atomic mass is 10.2. The second-order valence-corrected chi connectivity index (χ2v) is 6.73. The molecule has 2 rings (SSSR count). The van der Waals surface area contributed by atoms with E-state index in [-0.39, 0.29) is 17.5 Å². The summed E-state index contributed by atoms with van der Waals surface area (Å²) in [7, 11) is -3.53. The number of sulfonamides is 1. The summed E-state index contributed by atoms with van der Waals surface area (Å²) >= 11 is 0. The topological polar surface area (TPSA) is 66.8 Å². The van der Waals surface area contributed by atoms with E-state index in [0.29, 0.717) is 31.7 Å². The van der Waals surface area contributed by atoms with E-state index >= 15 is 0 Å². The highest BCUT2D eigenvalue weighted by molar-refractivity contribution is 7.89. The Morgan fingerprint density at radius 2 is 2.29 bits per heavy atom. The number of benzene rings is 1. The Labute approximate surface area is 125 Å². The Bertz CT molecular complexity index is 645. The summed E-state index contributed by atoms with van der Waals surface area (Å²) in [4.78, 5) is 0.243. The maximum Gasteiger partial charge on any atom is 0.243 e. The highest BCUT2D eigenvalue weighted by Crippen LogP contribution is 2.21. The van der Waals surface area contributed by atoms with Gasteiger partial charge in [0.15, 0.2) is 0 Å². The van der Waals surface area contributed by atoms with Gasteiger partial charge in [0.05, 0.1) is 24.7 Å². The van der Waals surface area contributed by atoms with Crippen molar-refractivity contribution >= 4 is 10.0 Å². The molecule has 114 valence electrons. The lowest BCUT2D eigenvalue weighted by molar-refractivity contribution is 0.0393. The van der Waals surface area contributed by atoms with Crippen LogP contribution in [0, 0.1) is 11.8 Å². The number of aliphatic hydroxyl groups is 1. The van der Waals surface area contributed by atoms with E-state index in [9.17, 15) is 8.42 Å². The Kier molecular flexibility index (Phi) is 5.37. The average molecular weight is 309 g/mol. The van der Waals surface area contributed by atoms with Gasteiger partial charge in [-0.3, -0.25) is 0 Å². The number of hydrogen-bond donors (Lipinski definition) is 1. The quantitative estimate of drug-likeness (QED) is 0.840. The average Bonchev–Trinajstić information content (AvgIpc) is 2.48. The molecule has 0 radical (unpaired) electrons. The highest BCUT2D eigenvalue weighted by atomic mass is 32.2. The maximum atomic E-state index is 12.7. The van der Waals surface area contributed by atoms with Crippen molar-refractivity contribution in [2.45, 2.75) is 24.3 Å². The first-order valence-corrected chi connectivity index (χ1v) is 8.29. The molecule has 1 aliphatic rings. The van der Waals surface area contributed by atoms with Gasteiger partial charge >= 0.3 is 0 Å². The number of aliphatic hydroxyl groups excluding tert-OH is 1. The van der Waals surface area contributed by atoms with E-state index in [4.69, 9.17) is 9.84 Å². The standard InChI is InChI=1S/C15H19NO4S/c1-13-12-20-10-8-16(13)21(18,19)15-7-4-6-14(11-15)5-2-3-9-17/h4,6-7,11,13,17H,3,8-10,12H2,1H3. The fourth-order valence-corrected chi connectivity index (χ4v) is 3.81. The van der Waals surface area contributed by atoms with Crippen molar-refractivity contribution in [1.82, 2.24) is 4.31 Å². The van der Waals surface area contributed by atoms with Crippen molar-refractivity contribution in [1.29, 1.82) is 0 Å². The van der Waals surface area contributed by atoms with E-state index in [1.54, 1.807) is 24.3 Å². The molecular formula is C15H19NO4S. The van der Waals surface area contributed by atoms with Gasteiger partial charge in [-0.05, 0) is 25.1 Å². The Balaban J connectivity index is 2.28. The van der Waals surface area contributed by atoms with Crippen LogP contribution in [0.5, 0.6) is 0 Å². The molecule has 0 aliphatic carbocycles. The molecule has 1 aromatic carbocycles. The number of nitrogens with zero attached hydrogens (tertiary/aromatic N) is 1. The minimum Gasteiger partial charge on any atom is -0.395 e. The Morgan fingerprint density at radius 3 is 3.00 bits per heavy atom. The molecule has 0 amide bonds. The third-order valence-corrected chi connectivity index (χ3v) is 5.23. The van der Waals surface area contributed by atoms with Crippen molar-refractivity contribution < 1.29 is 18.3 Å². The molecule has 5 nitrogen and oxygen atoms in total. The van der Waals surface area contributed by atoms with Crippen LogP contribution in [0.2, 0.25) is 0 Å². The molecule has 1 unspecified atom stereocenters. The summed E-state index contributed by atoms with van der Waals surface area (Å²) in [6, 6.07) is 6.41. The van der Waals surface area contributed by atoms with Crippen LogP contribution in [0.1, 0.15) is 18.9 Å². The van der Waals surface area contributed by atoms with E-state index in [0.717, 1.165) is 0 Å². The van der Waals surface area contributed by atoms with Gasteiger partial charge in [-0.1, -0.05) is 17.9 Å². The number of rotatable bonds is 3. The van der Waals surface area contributed by atoms with Crippen molar-refractivity contribution in [2.24, 2.45) is 0 Å². The first-order chi connectivity index (χ1) is 10.1. The molecule has 1 aliphatic heterocycles. The fourth-order valence-electron chi connectivity index (χ4n) is 2.16. The van der Waals surface area contributed by atoms with Crippen LogP contribution in [0.4, 0.5) is 0 Å². The zero-order chi connectivity index (χ0) is 15.3. The van der Waals surface area contributed by atoms with Gasteiger partial charge in [0.25, 0.3) is 0 Å². The van der Waals surface area contributed by atoms with Crippen LogP contribution in [-0.2, 0) is 14.8 Å². The number of morpholine rings is 1. The first-order valence-electron chi connectivity index (χ1n) is 6.85. The van der Waals surface area contributed by atoms with Crippen LogP contribution in [0.25, 0.3) is 0 Å². The summed E-state index contributed by atoms with van der Waals surface area (Å²) in [5.41, 5.74) is 0.630. The molecule has 1 fully saturated rings. The van der Waals surface area contributed by atoms with E-state index in [1.165, 1.54) is 4.31 Å². The smallest absolute Gasteiger partial charge is 0.243 e. The van der Waals surface area contributed by atoms with Crippen LogP contribution in [0.3, 0.4) is 0 Å². The molecule has 1 heterocycles. The van der Waals surface area contributed by atoms with Crippen molar-refractivity contribution in [3.63, 3.8) is 0 Å². The van der Waals surface area contributed by atoms with Gasteiger partial charge in [0.2, 0.25) is 10.0 Å². The summed E-state index contributed by atoms with van der Waals surface area (Å²) in [6.07, 6.45) is 0.372. The predicted molar refractivity (Wildman–Crippen MR) is 79.2 cm³/mol. The Hall–Kier alpha value is -1.39. The van der Waals surface area contributed by atoms with E-state index in [1.807, 2.05) is 6.92 Å². The fraction of sp³-hybridized carbons (Fsp3) is 0.467. The molecule has 1 saturated heterocycles. The third kappa shape index (κ3) is 3.83. The summed E-state index contributed by atoms with van der Waals surface area (Å²) in [5, 5.41) is 8.71. The minimum absolute atomic E-state index is 0.00369. The minimum atomic E-state index is -3.53. The van der Waals surface area contributed by atoms with Gasteiger partial charge in [-0.2, -0.15) is 4.31 Å². The van der Waals surface area contributed by atoms with E-state index < -0.39 is 10.0 Å². The molecule has 0 spiro atoms. The van der Waals surface area contributed by atoms with Gasteiger partial charge in [0.1, 0.15) is 0 Å². The third-order valence-electron chi connectivity index (χ3n) is 3.22. The number of ether oxygens (including phenoxy) is 1. The molecule has 1 N–H and O–H groups in total. The molecule has 1 aromatic rings.